The lowest BCUT2D eigenvalue weighted by Gasteiger charge is -2.12. The molecule has 16 heteroatoms. The van der Waals surface area contributed by atoms with E-state index in [0.717, 1.165) is 44.5 Å². The Morgan fingerprint density at radius 3 is 0.746 bits per heavy atom. The summed E-state index contributed by atoms with van der Waals surface area (Å²) in [5.41, 5.74) is 23.2. The number of thiophene rings is 4. The van der Waals surface area contributed by atoms with Crippen molar-refractivity contribution in [3.63, 3.8) is 0 Å². The van der Waals surface area contributed by atoms with Gasteiger partial charge in [-0.2, -0.15) is 0 Å². The lowest BCUT2D eigenvalue weighted by Crippen LogP contribution is -2.29. The van der Waals surface area contributed by atoms with Crippen LogP contribution in [-0.4, -0.2) is 68.7 Å². The molecule has 0 saturated heterocycles. The minimum Gasteiger partial charge on any atom is -0.423 e. The van der Waals surface area contributed by atoms with Crippen LogP contribution in [0.3, 0.4) is 0 Å². The van der Waals surface area contributed by atoms with E-state index in [4.69, 9.17) is 0 Å². The summed E-state index contributed by atoms with van der Waals surface area (Å²) >= 11 is 7.29. The molecule has 8 N–H and O–H groups in total. The predicted octanol–water partition coefficient (Wildman–Crippen LogP) is 26.6. The van der Waals surface area contributed by atoms with Gasteiger partial charge in [0, 0.05) is 91.8 Å². The van der Waals surface area contributed by atoms with Crippen molar-refractivity contribution < 1.29 is 40.2 Å². The van der Waals surface area contributed by atoms with Crippen LogP contribution in [0.2, 0.25) is 0 Å². The number of rotatable bonds is 13. The number of fused-ring (bicyclic) bond motifs is 17. The monoisotopic (exact) mass is 1800 g/mol. The molecular formula is C118H80B4O8S4. The maximum atomic E-state index is 9.49. The first-order valence-electron chi connectivity index (χ1n) is 44.4. The highest BCUT2D eigenvalue weighted by atomic mass is 32.1. The minimum atomic E-state index is -1.46. The summed E-state index contributed by atoms with van der Waals surface area (Å²) in [5.74, 6) is 0. The summed E-state index contributed by atoms with van der Waals surface area (Å²) in [4.78, 5) is 0. The summed E-state index contributed by atoms with van der Waals surface area (Å²) in [6.07, 6.45) is 0. The molecule has 0 amide bonds. The van der Waals surface area contributed by atoms with Gasteiger partial charge in [0.15, 0.2) is 0 Å². The highest BCUT2D eigenvalue weighted by Gasteiger charge is 2.24. The van der Waals surface area contributed by atoms with Crippen molar-refractivity contribution >= 4 is 219 Å². The van der Waals surface area contributed by atoms with Crippen molar-refractivity contribution in [1.29, 1.82) is 0 Å². The summed E-state index contributed by atoms with van der Waals surface area (Å²) in [5, 5.41) is 95.6. The van der Waals surface area contributed by atoms with Gasteiger partial charge in [-0.3, -0.25) is 0 Å². The van der Waals surface area contributed by atoms with Gasteiger partial charge in [-0.15, -0.1) is 45.3 Å². The average molecular weight is 1800 g/mol. The maximum Gasteiger partial charge on any atom is 0.488 e. The molecule has 0 aliphatic carbocycles. The number of benzene rings is 21. The van der Waals surface area contributed by atoms with Crippen molar-refractivity contribution in [2.24, 2.45) is 0 Å². The van der Waals surface area contributed by atoms with Gasteiger partial charge in [0.05, 0.1) is 0 Å². The van der Waals surface area contributed by atoms with Crippen LogP contribution in [0.25, 0.3) is 224 Å². The molecule has 4 heterocycles. The van der Waals surface area contributed by atoms with E-state index in [2.05, 4.69) is 334 Å². The Balaban J connectivity index is 0.000000104. The molecule has 0 saturated carbocycles. The first-order chi connectivity index (χ1) is 65.8. The van der Waals surface area contributed by atoms with E-state index in [1.54, 1.807) is 48.5 Å². The lowest BCUT2D eigenvalue weighted by molar-refractivity contribution is 0.424. The molecule has 0 radical (unpaired) electrons. The summed E-state index contributed by atoms with van der Waals surface area (Å²) < 4.78 is 10.1. The Morgan fingerprint density at radius 2 is 0.366 bits per heavy atom. The first kappa shape index (κ1) is 85.0. The van der Waals surface area contributed by atoms with Gasteiger partial charge < -0.3 is 40.2 Å². The van der Waals surface area contributed by atoms with E-state index in [1.807, 2.05) is 99.9 Å². The van der Waals surface area contributed by atoms with E-state index in [0.29, 0.717) is 21.9 Å². The van der Waals surface area contributed by atoms with Crippen LogP contribution >= 0.6 is 45.3 Å². The third-order valence-electron chi connectivity index (χ3n) is 25.7. The Kier molecular flexibility index (Phi) is 23.2. The largest absolute Gasteiger partial charge is 0.488 e. The molecule has 0 aliphatic rings. The molecule has 21 aromatic carbocycles. The van der Waals surface area contributed by atoms with E-state index in [9.17, 15) is 40.2 Å². The molecule has 0 spiro atoms. The Morgan fingerprint density at radius 1 is 0.127 bits per heavy atom. The van der Waals surface area contributed by atoms with E-state index in [-0.39, 0.29) is 0 Å². The third-order valence-corrected chi connectivity index (χ3v) is 30.8. The standard InChI is InChI=1S/C32H21BO2S.C30H21BO2S.2C28H19BO2S/c34-33(35)22-17-15-20(16-18-22)24-11-5-12-27-28-13-6-14-29(32(28)36-31(24)27)30-19-21-7-1-2-8-23(21)25-9-3-4-10-26(25)30;32-31(33)24-18-16-23(17-19-24)26-9-5-11-28-27-10-4-8-25(29(27)34-30(26)28)22-14-12-21(13-15-22)20-6-2-1-3-7-20;30-29(31)20-16-14-19(15-17-20)22-9-4-12-25-26-13-5-11-24(28(26)32-27(22)25)23-10-3-7-18-6-1-2-8-21(18)23;30-29(31)22-15-13-19(14-16-22)23-7-3-9-25-26-10-4-8-24(28(26)32-27(23)25)21-12-11-18-5-1-2-6-20(18)17-21/h1-19,34-35H;1-19,32-33H;2*1-17,30-31H. The van der Waals surface area contributed by atoms with Crippen molar-refractivity contribution in [3.05, 3.63) is 437 Å². The molecule has 25 aromatic rings. The van der Waals surface area contributed by atoms with Crippen LogP contribution < -0.4 is 21.9 Å². The third kappa shape index (κ3) is 16.1. The average Bonchev–Trinajstić information content (AvgIpc) is 1.19. The van der Waals surface area contributed by atoms with E-state index < -0.39 is 28.5 Å². The Bertz CT molecular complexity index is 8750. The SMILES string of the molecule is OB(O)c1ccc(-c2cccc3c2sc2c(-c4cc5ccccc5c5ccccc45)cccc23)cc1.OB(O)c1ccc(-c2cccc3c2sc2c(-c4ccc(-c5ccccc5)cc4)cccc23)cc1.OB(O)c1ccc(-c2cccc3c2sc2c(-c4ccc5ccccc5c4)cccc23)cc1.OB(O)c1ccc(-c2cccc3c2sc2c(-c4cccc5ccccc45)cccc23)cc1. The van der Waals surface area contributed by atoms with Crippen LogP contribution in [0.15, 0.2) is 437 Å². The molecule has 0 fully saturated rings. The van der Waals surface area contributed by atoms with Gasteiger partial charge in [-0.25, -0.2) is 0 Å². The van der Waals surface area contributed by atoms with Crippen LogP contribution in [0.1, 0.15) is 0 Å². The number of hydrogen-bond donors (Lipinski definition) is 8. The lowest BCUT2D eigenvalue weighted by atomic mass is 9.80. The smallest absolute Gasteiger partial charge is 0.423 e. The minimum absolute atomic E-state index is 0.493. The van der Waals surface area contributed by atoms with Crippen molar-refractivity contribution in [1.82, 2.24) is 0 Å². The van der Waals surface area contributed by atoms with Crippen molar-refractivity contribution in [2.75, 3.05) is 0 Å². The summed E-state index contributed by atoms with van der Waals surface area (Å²) in [6.45, 7) is 0. The molecule has 0 bridgehead atoms. The van der Waals surface area contributed by atoms with Crippen molar-refractivity contribution in [3.8, 4) is 100 Å². The number of hydrogen-bond acceptors (Lipinski definition) is 12. The predicted molar refractivity (Wildman–Crippen MR) is 576 cm³/mol. The second kappa shape index (κ2) is 36.6. The first-order valence-corrected chi connectivity index (χ1v) is 47.7. The normalized spacial score (nSPS) is 11.4. The van der Waals surface area contributed by atoms with Gasteiger partial charge in [-0.05, 0) is 166 Å². The summed E-state index contributed by atoms with van der Waals surface area (Å²) in [7, 11) is -5.82. The molecule has 4 aromatic heterocycles. The topological polar surface area (TPSA) is 162 Å². The van der Waals surface area contributed by atoms with Gasteiger partial charge >= 0.3 is 28.5 Å². The van der Waals surface area contributed by atoms with Crippen LogP contribution in [0.5, 0.6) is 0 Å². The fraction of sp³-hybridized carbons (Fsp3) is 0. The van der Waals surface area contributed by atoms with Crippen LogP contribution in [-0.2, 0) is 0 Å². The fourth-order valence-corrected chi connectivity index (χ4v) is 24.4. The van der Waals surface area contributed by atoms with Crippen LogP contribution in [0, 0.1) is 0 Å². The highest BCUT2D eigenvalue weighted by molar-refractivity contribution is 7.28. The molecule has 0 aliphatic heterocycles. The molecule has 25 rings (SSSR count). The van der Waals surface area contributed by atoms with E-state index >= 15 is 0 Å². The molecule has 134 heavy (non-hydrogen) atoms. The van der Waals surface area contributed by atoms with Gasteiger partial charge in [-0.1, -0.05) is 425 Å². The Hall–Kier alpha value is -14.5. The molecule has 8 nitrogen and oxygen atoms in total. The second-order valence-corrected chi connectivity index (χ2v) is 37.7. The zero-order chi connectivity index (χ0) is 90.6. The van der Waals surface area contributed by atoms with Crippen LogP contribution in [0.4, 0.5) is 0 Å². The summed E-state index contributed by atoms with van der Waals surface area (Å²) in [6, 6.07) is 151. The second-order valence-electron chi connectivity index (χ2n) is 33.6. The van der Waals surface area contributed by atoms with E-state index in [1.165, 1.54) is 179 Å². The fourth-order valence-electron chi connectivity index (χ4n) is 19.0. The van der Waals surface area contributed by atoms with Gasteiger partial charge in [0.25, 0.3) is 0 Å². The maximum absolute atomic E-state index is 9.49. The van der Waals surface area contributed by atoms with Gasteiger partial charge in [0.1, 0.15) is 0 Å². The quantitative estimate of drug-likeness (QED) is 0.0418. The van der Waals surface area contributed by atoms with Gasteiger partial charge in [0.2, 0.25) is 0 Å². The zero-order valence-electron chi connectivity index (χ0n) is 72.1. The Labute approximate surface area is 790 Å². The zero-order valence-corrected chi connectivity index (χ0v) is 75.4. The molecule has 0 atom stereocenters. The van der Waals surface area contributed by atoms with Crippen molar-refractivity contribution in [2.45, 2.75) is 0 Å². The molecular weight excluding hydrogens is 1720 g/mol. The molecule has 0 unspecified atom stereocenters. The highest BCUT2D eigenvalue weighted by Crippen LogP contribution is 2.51. The molecule has 636 valence electrons.